The minimum Gasteiger partial charge on any atom is -0.426 e. The number of carbonyl (C=O) groups is 4. The first-order valence-electron chi connectivity index (χ1n) is 12.1. The monoisotopic (exact) mass is 489 g/mol. The number of hydrogen-bond acceptors (Lipinski definition) is 7. The average molecular weight is 489 g/mol. The van der Waals surface area contributed by atoms with Crippen molar-refractivity contribution in [3.63, 3.8) is 0 Å². The number of benzene rings is 2. The number of anilines is 2. The first-order valence-corrected chi connectivity index (χ1v) is 12.1. The Morgan fingerprint density at radius 1 is 0.944 bits per heavy atom. The molecule has 0 N–H and O–H groups in total. The van der Waals surface area contributed by atoms with Crippen LogP contribution < -0.4 is 14.5 Å². The number of non-ortho nitro benzene ring substituents is 1. The number of nitrogens with zero attached hydrogens (tertiary/aromatic N) is 3. The lowest BCUT2D eigenvalue weighted by molar-refractivity contribution is -0.384. The van der Waals surface area contributed by atoms with Crippen molar-refractivity contribution in [3.8, 4) is 5.75 Å². The van der Waals surface area contributed by atoms with Crippen LogP contribution in [-0.4, -0.2) is 35.2 Å². The second-order valence-corrected chi connectivity index (χ2v) is 9.99. The minimum absolute atomic E-state index is 0.0508. The predicted octanol–water partition coefficient (Wildman–Crippen LogP) is 3.09. The van der Waals surface area contributed by atoms with Crippen molar-refractivity contribution in [2.24, 2.45) is 29.6 Å². The Hall–Kier alpha value is -4.08. The number of fused-ring (bicyclic) bond motifs is 5. The van der Waals surface area contributed by atoms with E-state index in [1.165, 1.54) is 40.1 Å². The lowest BCUT2D eigenvalue weighted by atomic mass is 9.81. The van der Waals surface area contributed by atoms with Gasteiger partial charge in [0.1, 0.15) is 5.75 Å². The standard InChI is InChI=1S/C26H23N3O7/c30-21-11-16(13-27(21)17-6-8-18(9-7-17)29(34)35)26(33)36-20-3-1-2-19(12-20)28-24(31)22-14-4-5-15(10-14)23(22)25(28)32/h1-3,6-9,12,14-16,22-23H,4-5,10-11,13H2/t14-,15-,16+,22-,23+/m0/s1. The summed E-state index contributed by atoms with van der Waals surface area (Å²) < 4.78 is 5.54. The summed E-state index contributed by atoms with van der Waals surface area (Å²) in [5.74, 6) is -1.66. The van der Waals surface area contributed by atoms with Crippen LogP contribution in [0.25, 0.3) is 0 Å². The Morgan fingerprint density at radius 2 is 1.61 bits per heavy atom. The number of nitro groups is 1. The van der Waals surface area contributed by atoms with Crippen molar-refractivity contribution in [2.75, 3.05) is 16.3 Å². The number of esters is 1. The highest BCUT2D eigenvalue weighted by Gasteiger charge is 2.61. The van der Waals surface area contributed by atoms with Gasteiger partial charge in [0.25, 0.3) is 5.69 Å². The number of carbonyl (C=O) groups excluding carboxylic acids is 4. The Labute approximate surface area is 206 Å². The average Bonchev–Trinajstić information content (AvgIpc) is 3.63. The highest BCUT2D eigenvalue weighted by atomic mass is 16.6. The van der Waals surface area contributed by atoms with Crippen LogP contribution >= 0.6 is 0 Å². The summed E-state index contributed by atoms with van der Waals surface area (Å²) in [5, 5.41) is 10.9. The van der Waals surface area contributed by atoms with Crippen LogP contribution in [0.1, 0.15) is 25.7 Å². The number of ether oxygens (including phenoxy) is 1. The molecule has 0 aromatic heterocycles. The van der Waals surface area contributed by atoms with Gasteiger partial charge in [0.15, 0.2) is 0 Å². The van der Waals surface area contributed by atoms with E-state index in [2.05, 4.69) is 0 Å². The summed E-state index contributed by atoms with van der Waals surface area (Å²) in [6, 6.07) is 11.9. The topological polar surface area (TPSA) is 127 Å². The van der Waals surface area contributed by atoms with Crippen LogP contribution in [0.3, 0.4) is 0 Å². The molecule has 4 fully saturated rings. The van der Waals surface area contributed by atoms with Gasteiger partial charge >= 0.3 is 5.97 Å². The second kappa shape index (κ2) is 8.25. The molecule has 2 aromatic carbocycles. The highest BCUT2D eigenvalue weighted by Crippen LogP contribution is 2.56. The number of rotatable bonds is 5. The van der Waals surface area contributed by atoms with E-state index in [0.29, 0.717) is 11.4 Å². The molecule has 5 atom stereocenters. The van der Waals surface area contributed by atoms with Gasteiger partial charge in [-0.05, 0) is 55.4 Å². The highest BCUT2D eigenvalue weighted by molar-refractivity contribution is 6.22. The Kier molecular flexibility index (Phi) is 5.13. The van der Waals surface area contributed by atoms with Crippen LogP contribution in [0.15, 0.2) is 48.5 Å². The van der Waals surface area contributed by atoms with Crippen LogP contribution in [-0.2, 0) is 19.2 Å². The molecule has 0 unspecified atom stereocenters. The molecule has 2 aliphatic heterocycles. The van der Waals surface area contributed by atoms with E-state index in [-0.39, 0.29) is 65.8 Å². The summed E-state index contributed by atoms with van der Waals surface area (Å²) in [4.78, 5) is 64.6. The van der Waals surface area contributed by atoms with Crippen molar-refractivity contribution < 1.29 is 28.8 Å². The Bertz CT molecular complexity index is 1280. The molecular weight excluding hydrogens is 466 g/mol. The SMILES string of the molecule is O=C(Oc1cccc(N2C(=O)[C@@H]3[C@H]4CC[C@@H](C4)[C@@H]3C2=O)c1)[C@@H]1CC(=O)N(c2ccc([N+](=O)[O-])cc2)C1. The zero-order chi connectivity index (χ0) is 25.1. The smallest absolute Gasteiger partial charge is 0.316 e. The van der Waals surface area contributed by atoms with Crippen molar-refractivity contribution >= 4 is 40.8 Å². The molecule has 184 valence electrons. The van der Waals surface area contributed by atoms with E-state index in [1.54, 1.807) is 18.2 Å². The fourth-order valence-electron chi connectivity index (χ4n) is 6.42. The molecule has 2 aliphatic carbocycles. The molecular formula is C26H23N3O7. The van der Waals surface area contributed by atoms with Crippen molar-refractivity contribution in [1.29, 1.82) is 0 Å². The van der Waals surface area contributed by atoms with Crippen molar-refractivity contribution in [1.82, 2.24) is 0 Å². The molecule has 10 heteroatoms. The summed E-state index contributed by atoms with van der Waals surface area (Å²) in [5.41, 5.74) is 0.764. The zero-order valence-electron chi connectivity index (χ0n) is 19.2. The van der Waals surface area contributed by atoms with E-state index in [9.17, 15) is 29.3 Å². The third-order valence-corrected chi connectivity index (χ3v) is 8.05. The lowest BCUT2D eigenvalue weighted by Gasteiger charge is -2.19. The van der Waals surface area contributed by atoms with Gasteiger partial charge in [-0.15, -0.1) is 0 Å². The summed E-state index contributed by atoms with van der Waals surface area (Å²) in [6.07, 6.45) is 2.89. The van der Waals surface area contributed by atoms with E-state index in [0.717, 1.165) is 19.3 Å². The molecule has 6 rings (SSSR count). The maximum atomic E-state index is 13.1. The second-order valence-electron chi connectivity index (χ2n) is 9.99. The maximum Gasteiger partial charge on any atom is 0.316 e. The molecule has 2 saturated heterocycles. The molecule has 36 heavy (non-hydrogen) atoms. The summed E-state index contributed by atoms with van der Waals surface area (Å²) in [7, 11) is 0. The van der Waals surface area contributed by atoms with Gasteiger partial charge < -0.3 is 9.64 Å². The molecule has 3 amide bonds. The van der Waals surface area contributed by atoms with Crippen LogP contribution in [0, 0.1) is 39.7 Å². The van der Waals surface area contributed by atoms with Gasteiger partial charge in [0.2, 0.25) is 17.7 Å². The van der Waals surface area contributed by atoms with Crippen molar-refractivity contribution in [2.45, 2.75) is 25.7 Å². The van der Waals surface area contributed by atoms with Gasteiger partial charge in [-0.25, -0.2) is 4.90 Å². The third-order valence-electron chi connectivity index (χ3n) is 8.05. The van der Waals surface area contributed by atoms with Gasteiger partial charge in [0.05, 0.1) is 28.4 Å². The number of imide groups is 1. The fourth-order valence-corrected chi connectivity index (χ4v) is 6.42. The molecule has 10 nitrogen and oxygen atoms in total. The van der Waals surface area contributed by atoms with E-state index < -0.39 is 16.8 Å². The van der Waals surface area contributed by atoms with Crippen LogP contribution in [0.5, 0.6) is 5.75 Å². The van der Waals surface area contributed by atoms with E-state index >= 15 is 0 Å². The molecule has 0 radical (unpaired) electrons. The summed E-state index contributed by atoms with van der Waals surface area (Å²) in [6.45, 7) is 0.0877. The zero-order valence-corrected chi connectivity index (χ0v) is 19.2. The third kappa shape index (κ3) is 3.47. The molecule has 0 spiro atoms. The first kappa shape index (κ1) is 22.4. The number of nitro benzene ring substituents is 1. The normalized spacial score (nSPS) is 28.7. The first-order chi connectivity index (χ1) is 17.3. The largest absolute Gasteiger partial charge is 0.426 e. The minimum atomic E-state index is -0.721. The lowest BCUT2D eigenvalue weighted by Crippen LogP contribution is -2.32. The number of amides is 3. The van der Waals surface area contributed by atoms with E-state index in [4.69, 9.17) is 4.74 Å². The molecule has 4 aliphatic rings. The molecule has 2 aromatic rings. The van der Waals surface area contributed by atoms with Gasteiger partial charge in [-0.3, -0.25) is 29.3 Å². The van der Waals surface area contributed by atoms with Crippen LogP contribution in [0.4, 0.5) is 17.1 Å². The quantitative estimate of drug-likeness (QED) is 0.208. The molecule has 2 bridgehead atoms. The Morgan fingerprint density at radius 3 is 2.25 bits per heavy atom. The van der Waals surface area contributed by atoms with E-state index in [1.807, 2.05) is 0 Å². The number of hydrogen-bond donors (Lipinski definition) is 0. The maximum absolute atomic E-state index is 13.1. The Balaban J connectivity index is 1.15. The van der Waals surface area contributed by atoms with Gasteiger partial charge in [-0.1, -0.05) is 6.07 Å². The predicted molar refractivity (Wildman–Crippen MR) is 126 cm³/mol. The van der Waals surface area contributed by atoms with Gasteiger partial charge in [-0.2, -0.15) is 0 Å². The summed E-state index contributed by atoms with van der Waals surface area (Å²) >= 11 is 0. The fraction of sp³-hybridized carbons (Fsp3) is 0.385. The molecule has 2 saturated carbocycles. The van der Waals surface area contributed by atoms with Crippen LogP contribution in [0.2, 0.25) is 0 Å². The van der Waals surface area contributed by atoms with Gasteiger partial charge in [0, 0.05) is 36.9 Å². The van der Waals surface area contributed by atoms with Crippen molar-refractivity contribution in [3.05, 3.63) is 58.6 Å². The molecule has 2 heterocycles.